The van der Waals surface area contributed by atoms with Crippen LogP contribution < -0.4 is 4.74 Å². The largest absolute Gasteiger partial charge is 0.477 e. The van der Waals surface area contributed by atoms with Gasteiger partial charge in [0.1, 0.15) is 12.2 Å². The lowest BCUT2D eigenvalue weighted by atomic mass is 10.1. The fourth-order valence-corrected chi connectivity index (χ4v) is 1.12. The van der Waals surface area contributed by atoms with Gasteiger partial charge in [0.05, 0.1) is 4.92 Å². The molecule has 1 rings (SSSR count). The van der Waals surface area contributed by atoms with E-state index in [1.54, 1.807) is 0 Å². The first kappa shape index (κ1) is 11.5. The van der Waals surface area contributed by atoms with Crippen LogP contribution in [0.25, 0.3) is 0 Å². The minimum Gasteiger partial charge on any atom is -0.477 e. The third-order valence-electron chi connectivity index (χ3n) is 1.72. The molecule has 0 radical (unpaired) electrons. The van der Waals surface area contributed by atoms with Crippen LogP contribution in [0.1, 0.15) is 10.4 Å². The van der Waals surface area contributed by atoms with Crippen molar-refractivity contribution in [2.45, 2.75) is 0 Å². The van der Waals surface area contributed by atoms with Crippen molar-refractivity contribution in [2.24, 2.45) is 0 Å². The second kappa shape index (κ2) is 4.79. The quantitative estimate of drug-likeness (QED) is 0.470. The first-order valence-electron chi connectivity index (χ1n) is 4.15. The van der Waals surface area contributed by atoms with Crippen molar-refractivity contribution < 1.29 is 19.6 Å². The molecule has 0 aliphatic carbocycles. The standard InChI is InChI=1S/C10H7NO5/c1-2-6-16-8-5-3-4-7(10(12)13)9(8)11(14)15/h1,3-5H,6H2,(H,12,13). The highest BCUT2D eigenvalue weighted by molar-refractivity contribution is 5.93. The molecule has 1 aromatic carbocycles. The third kappa shape index (κ3) is 2.27. The number of nitrogens with zero attached hydrogens (tertiary/aromatic N) is 1. The normalized spacial score (nSPS) is 9.19. The molecule has 0 amide bonds. The maximum Gasteiger partial charge on any atom is 0.342 e. The van der Waals surface area contributed by atoms with Gasteiger partial charge in [0.25, 0.3) is 0 Å². The topological polar surface area (TPSA) is 89.7 Å². The summed E-state index contributed by atoms with van der Waals surface area (Å²) in [5.41, 5.74) is -1.02. The number of benzene rings is 1. The van der Waals surface area contributed by atoms with Crippen LogP contribution in [0.3, 0.4) is 0 Å². The van der Waals surface area contributed by atoms with E-state index in [9.17, 15) is 14.9 Å². The molecule has 6 nitrogen and oxygen atoms in total. The molecule has 0 aliphatic heterocycles. The maximum atomic E-state index is 10.8. The average Bonchev–Trinajstić information content (AvgIpc) is 2.25. The Hall–Kier alpha value is -2.55. The number of nitro groups is 1. The minimum absolute atomic E-state index is 0.150. The van der Waals surface area contributed by atoms with Crippen LogP contribution in [0.2, 0.25) is 0 Å². The highest BCUT2D eigenvalue weighted by atomic mass is 16.6. The summed E-state index contributed by atoms with van der Waals surface area (Å²) in [5.74, 6) is 0.598. The summed E-state index contributed by atoms with van der Waals surface area (Å²) in [7, 11) is 0. The summed E-state index contributed by atoms with van der Waals surface area (Å²) < 4.78 is 4.90. The van der Waals surface area contributed by atoms with Gasteiger partial charge in [-0.15, -0.1) is 6.42 Å². The first-order chi connectivity index (χ1) is 7.57. The summed E-state index contributed by atoms with van der Waals surface area (Å²) in [5, 5.41) is 19.5. The maximum absolute atomic E-state index is 10.8. The fourth-order valence-electron chi connectivity index (χ4n) is 1.12. The van der Waals surface area contributed by atoms with Crippen molar-refractivity contribution >= 4 is 11.7 Å². The summed E-state index contributed by atoms with van der Waals surface area (Å²) in [6.07, 6.45) is 4.94. The molecule has 82 valence electrons. The minimum atomic E-state index is -1.39. The second-order valence-corrected chi connectivity index (χ2v) is 2.71. The van der Waals surface area contributed by atoms with Crippen molar-refractivity contribution in [1.82, 2.24) is 0 Å². The van der Waals surface area contributed by atoms with E-state index >= 15 is 0 Å². The molecule has 0 aromatic heterocycles. The first-order valence-corrected chi connectivity index (χ1v) is 4.15. The van der Waals surface area contributed by atoms with E-state index in [4.69, 9.17) is 16.3 Å². The van der Waals surface area contributed by atoms with Crippen molar-refractivity contribution in [1.29, 1.82) is 0 Å². The molecule has 0 bridgehead atoms. The van der Waals surface area contributed by atoms with E-state index in [0.717, 1.165) is 6.07 Å². The van der Waals surface area contributed by atoms with Crippen molar-refractivity contribution in [2.75, 3.05) is 6.61 Å². The number of carboxylic acid groups (broad SMARTS) is 1. The highest BCUT2D eigenvalue weighted by Gasteiger charge is 2.24. The summed E-state index contributed by atoms with van der Waals surface area (Å²) in [6.45, 7) is -0.163. The monoisotopic (exact) mass is 221 g/mol. The van der Waals surface area contributed by atoms with E-state index in [-0.39, 0.29) is 12.4 Å². The Balaban J connectivity index is 3.28. The molecule has 0 saturated heterocycles. The number of terminal acetylenes is 1. The Morgan fingerprint density at radius 2 is 2.31 bits per heavy atom. The van der Waals surface area contributed by atoms with Crippen LogP contribution in [0, 0.1) is 22.5 Å². The predicted octanol–water partition coefficient (Wildman–Crippen LogP) is 1.30. The Bertz CT molecular complexity index is 475. The zero-order valence-corrected chi connectivity index (χ0v) is 8.04. The number of carboxylic acids is 1. The average molecular weight is 221 g/mol. The predicted molar refractivity (Wildman–Crippen MR) is 54.4 cm³/mol. The lowest BCUT2D eigenvalue weighted by molar-refractivity contribution is -0.386. The number of para-hydroxylation sites is 1. The number of hydrogen-bond acceptors (Lipinski definition) is 4. The van der Waals surface area contributed by atoms with E-state index < -0.39 is 22.1 Å². The number of carbonyl (C=O) groups is 1. The van der Waals surface area contributed by atoms with Gasteiger partial charge in [-0.25, -0.2) is 4.79 Å². The van der Waals surface area contributed by atoms with Crippen LogP contribution in [0.4, 0.5) is 5.69 Å². The molecule has 0 fully saturated rings. The second-order valence-electron chi connectivity index (χ2n) is 2.71. The number of nitro benzene ring substituents is 1. The number of hydrogen-bond donors (Lipinski definition) is 1. The van der Waals surface area contributed by atoms with Crippen LogP contribution in [0.15, 0.2) is 18.2 Å². The van der Waals surface area contributed by atoms with Crippen LogP contribution in [-0.4, -0.2) is 22.6 Å². The SMILES string of the molecule is C#CCOc1cccc(C(=O)O)c1[N+](=O)[O-]. The van der Waals surface area contributed by atoms with Gasteiger partial charge >= 0.3 is 11.7 Å². The Labute approximate surface area is 90.6 Å². The van der Waals surface area contributed by atoms with Crippen LogP contribution in [-0.2, 0) is 0 Å². The summed E-state index contributed by atoms with van der Waals surface area (Å²) in [6, 6.07) is 3.77. The molecule has 0 aliphatic rings. The van der Waals surface area contributed by atoms with Crippen LogP contribution in [0.5, 0.6) is 5.75 Å². The Morgan fingerprint density at radius 3 is 2.81 bits per heavy atom. The number of ether oxygens (including phenoxy) is 1. The van der Waals surface area contributed by atoms with Crippen molar-refractivity contribution in [3.8, 4) is 18.1 Å². The zero-order valence-electron chi connectivity index (χ0n) is 8.04. The van der Waals surface area contributed by atoms with Gasteiger partial charge in [-0.3, -0.25) is 10.1 Å². The molecule has 1 N–H and O–H groups in total. The Kier molecular flexibility index (Phi) is 3.45. The molecule has 6 heteroatoms. The lowest BCUT2D eigenvalue weighted by Gasteiger charge is -2.04. The zero-order chi connectivity index (χ0) is 12.1. The van der Waals surface area contributed by atoms with Gasteiger partial charge in [-0.05, 0) is 12.1 Å². The highest BCUT2D eigenvalue weighted by Crippen LogP contribution is 2.30. The molecular formula is C10H7NO5. The van der Waals surface area contributed by atoms with E-state index in [0.29, 0.717) is 0 Å². The molecule has 0 heterocycles. The van der Waals surface area contributed by atoms with Gasteiger partial charge in [-0.1, -0.05) is 12.0 Å². The third-order valence-corrected chi connectivity index (χ3v) is 1.72. The van der Waals surface area contributed by atoms with Gasteiger partial charge in [0.15, 0.2) is 5.75 Å². The molecule has 0 unspecified atom stereocenters. The fraction of sp³-hybridized carbons (Fsp3) is 0.100. The number of rotatable bonds is 4. The molecule has 1 aromatic rings. The molecule has 0 saturated carbocycles. The summed E-state index contributed by atoms with van der Waals surface area (Å²) >= 11 is 0. The Morgan fingerprint density at radius 1 is 1.62 bits per heavy atom. The molecule has 0 spiro atoms. The van der Waals surface area contributed by atoms with E-state index in [1.807, 2.05) is 0 Å². The smallest absolute Gasteiger partial charge is 0.342 e. The number of aromatic carboxylic acids is 1. The molecular weight excluding hydrogens is 214 g/mol. The van der Waals surface area contributed by atoms with Crippen molar-refractivity contribution in [3.63, 3.8) is 0 Å². The van der Waals surface area contributed by atoms with Gasteiger partial charge in [0, 0.05) is 0 Å². The van der Waals surface area contributed by atoms with Gasteiger partial charge in [-0.2, -0.15) is 0 Å². The van der Waals surface area contributed by atoms with Crippen LogP contribution >= 0.6 is 0 Å². The van der Waals surface area contributed by atoms with Gasteiger partial charge < -0.3 is 9.84 Å². The molecule has 16 heavy (non-hydrogen) atoms. The summed E-state index contributed by atoms with van der Waals surface area (Å²) in [4.78, 5) is 20.7. The lowest BCUT2D eigenvalue weighted by Crippen LogP contribution is -2.05. The van der Waals surface area contributed by atoms with Crippen molar-refractivity contribution in [3.05, 3.63) is 33.9 Å². The molecule has 0 atom stereocenters. The van der Waals surface area contributed by atoms with E-state index in [1.165, 1.54) is 12.1 Å². The van der Waals surface area contributed by atoms with Gasteiger partial charge in [0.2, 0.25) is 0 Å². The van der Waals surface area contributed by atoms with E-state index in [2.05, 4.69) is 5.92 Å².